The van der Waals surface area contributed by atoms with E-state index >= 15 is 0 Å². The van der Waals surface area contributed by atoms with Gasteiger partial charge < -0.3 is 4.52 Å². The molecular weight excluding hydrogens is 422 g/mol. The van der Waals surface area contributed by atoms with Crippen LogP contribution < -0.4 is 5.56 Å². The third-order valence-electron chi connectivity index (χ3n) is 5.05. The fraction of sp³-hybridized carbons (Fsp3) is 0.125. The molecule has 3 aromatic heterocycles. The third-order valence-corrected chi connectivity index (χ3v) is 5.98. The molecule has 2 aromatic carbocycles. The summed E-state index contributed by atoms with van der Waals surface area (Å²) in [6, 6.07) is 18.9. The van der Waals surface area contributed by atoms with Crippen LogP contribution in [0.25, 0.3) is 28.1 Å². The molecule has 0 bridgehead atoms. The van der Waals surface area contributed by atoms with Crippen molar-refractivity contribution in [2.24, 2.45) is 0 Å². The second-order valence-electron chi connectivity index (χ2n) is 7.36. The minimum Gasteiger partial charge on any atom is -0.338 e. The second kappa shape index (κ2) is 8.39. The highest BCUT2D eigenvalue weighted by atomic mass is 32.2. The maximum atomic E-state index is 13.3. The van der Waals surface area contributed by atoms with Crippen LogP contribution in [0.3, 0.4) is 0 Å². The van der Waals surface area contributed by atoms with E-state index in [9.17, 15) is 4.79 Å². The predicted octanol–water partition coefficient (Wildman–Crippen LogP) is 4.74. The Morgan fingerprint density at radius 1 is 1.00 bits per heavy atom. The van der Waals surface area contributed by atoms with Gasteiger partial charge in [0.25, 0.3) is 5.56 Å². The first-order chi connectivity index (χ1) is 15.6. The van der Waals surface area contributed by atoms with Gasteiger partial charge in [0.15, 0.2) is 5.16 Å². The van der Waals surface area contributed by atoms with E-state index in [2.05, 4.69) is 15.1 Å². The van der Waals surface area contributed by atoms with Crippen molar-refractivity contribution in [1.29, 1.82) is 0 Å². The lowest BCUT2D eigenvalue weighted by Gasteiger charge is -2.12. The van der Waals surface area contributed by atoms with Gasteiger partial charge in [-0.05, 0) is 49.2 Å². The van der Waals surface area contributed by atoms with E-state index in [1.807, 2.05) is 68.4 Å². The van der Waals surface area contributed by atoms with Crippen molar-refractivity contribution < 1.29 is 4.52 Å². The van der Waals surface area contributed by atoms with E-state index in [-0.39, 0.29) is 5.56 Å². The van der Waals surface area contributed by atoms with Crippen LogP contribution in [0.5, 0.6) is 0 Å². The molecule has 3 heterocycles. The predicted molar refractivity (Wildman–Crippen MR) is 124 cm³/mol. The van der Waals surface area contributed by atoms with Gasteiger partial charge in [-0.25, -0.2) is 14.5 Å². The number of fused-ring (bicyclic) bond motifs is 1. The first kappa shape index (κ1) is 20.1. The average molecular weight is 442 g/mol. The molecular formula is C24H19N5O2S. The molecule has 0 spiro atoms. The van der Waals surface area contributed by atoms with E-state index in [1.165, 1.54) is 11.8 Å². The van der Waals surface area contributed by atoms with Crippen LogP contribution in [-0.4, -0.2) is 24.7 Å². The summed E-state index contributed by atoms with van der Waals surface area (Å²) in [6.07, 6.45) is 1.69. The number of rotatable bonds is 5. The minimum atomic E-state index is -0.165. The Balaban J connectivity index is 1.53. The molecule has 0 saturated carbocycles. The number of nitrogens with zero attached hydrogens (tertiary/aromatic N) is 5. The lowest BCUT2D eigenvalue weighted by Crippen LogP contribution is -2.22. The maximum Gasteiger partial charge on any atom is 0.267 e. The zero-order valence-electron chi connectivity index (χ0n) is 17.5. The Hall–Kier alpha value is -3.78. The molecule has 0 aliphatic rings. The molecule has 0 atom stereocenters. The lowest BCUT2D eigenvalue weighted by atomic mass is 10.1. The molecule has 0 amide bonds. The SMILES string of the molecule is Cc1ccnc(-n2c(SCc3nc(-c4ccccc4C)no3)nc3ccccc3c2=O)c1. The highest BCUT2D eigenvalue weighted by molar-refractivity contribution is 7.98. The number of thioether (sulfide) groups is 1. The summed E-state index contributed by atoms with van der Waals surface area (Å²) in [5.41, 5.74) is 3.48. The second-order valence-corrected chi connectivity index (χ2v) is 8.30. The summed E-state index contributed by atoms with van der Waals surface area (Å²) in [4.78, 5) is 27.0. The molecule has 5 rings (SSSR count). The number of para-hydroxylation sites is 1. The zero-order valence-corrected chi connectivity index (χ0v) is 18.3. The van der Waals surface area contributed by atoms with Gasteiger partial charge in [0, 0.05) is 11.8 Å². The fourth-order valence-electron chi connectivity index (χ4n) is 3.43. The summed E-state index contributed by atoms with van der Waals surface area (Å²) < 4.78 is 7.01. The van der Waals surface area contributed by atoms with Crippen molar-refractivity contribution in [1.82, 2.24) is 24.7 Å². The van der Waals surface area contributed by atoms with Crippen LogP contribution in [-0.2, 0) is 5.75 Å². The molecule has 0 fully saturated rings. The van der Waals surface area contributed by atoms with Crippen LogP contribution in [0, 0.1) is 13.8 Å². The molecule has 0 aliphatic heterocycles. The molecule has 5 aromatic rings. The van der Waals surface area contributed by atoms with Crippen molar-refractivity contribution in [3.63, 3.8) is 0 Å². The minimum absolute atomic E-state index is 0.165. The Kier molecular flexibility index (Phi) is 5.28. The maximum absolute atomic E-state index is 13.3. The van der Waals surface area contributed by atoms with E-state index in [4.69, 9.17) is 9.51 Å². The zero-order chi connectivity index (χ0) is 22.1. The van der Waals surface area contributed by atoms with Crippen LogP contribution in [0.4, 0.5) is 0 Å². The standard InChI is InChI=1S/C24H19N5O2S/c1-15-11-12-25-20(13-15)29-23(30)18-9-5-6-10-19(18)26-24(29)32-14-21-27-22(28-31-21)17-8-4-3-7-16(17)2/h3-13H,14H2,1-2H3. The Morgan fingerprint density at radius 3 is 2.66 bits per heavy atom. The number of hydrogen-bond acceptors (Lipinski definition) is 7. The van der Waals surface area contributed by atoms with Crippen LogP contribution in [0.2, 0.25) is 0 Å². The number of hydrogen-bond donors (Lipinski definition) is 0. The first-order valence-corrected chi connectivity index (χ1v) is 11.0. The van der Waals surface area contributed by atoms with Crippen molar-refractivity contribution in [3.05, 3.63) is 94.2 Å². The van der Waals surface area contributed by atoms with Gasteiger partial charge in [-0.1, -0.05) is 53.3 Å². The van der Waals surface area contributed by atoms with Gasteiger partial charge in [0.05, 0.1) is 16.7 Å². The fourth-order valence-corrected chi connectivity index (χ4v) is 4.26. The number of aromatic nitrogens is 5. The van der Waals surface area contributed by atoms with Gasteiger partial charge in [0.1, 0.15) is 5.82 Å². The quantitative estimate of drug-likeness (QED) is 0.288. The van der Waals surface area contributed by atoms with Crippen LogP contribution >= 0.6 is 11.8 Å². The summed E-state index contributed by atoms with van der Waals surface area (Å²) in [5, 5.41) is 5.18. The van der Waals surface area contributed by atoms with Crippen molar-refractivity contribution in [2.45, 2.75) is 24.8 Å². The van der Waals surface area contributed by atoms with Gasteiger partial charge in [-0.2, -0.15) is 4.98 Å². The Labute approximate surface area is 188 Å². The van der Waals surface area contributed by atoms with Gasteiger partial charge in [-0.3, -0.25) is 4.79 Å². The third kappa shape index (κ3) is 3.80. The Bertz CT molecular complexity index is 1490. The molecule has 8 heteroatoms. The molecule has 0 aliphatic carbocycles. The van der Waals surface area contributed by atoms with E-state index in [0.29, 0.717) is 39.3 Å². The molecule has 0 radical (unpaired) electrons. The van der Waals surface area contributed by atoms with E-state index in [1.54, 1.807) is 16.8 Å². The molecule has 0 unspecified atom stereocenters. The average Bonchev–Trinajstić information content (AvgIpc) is 3.27. The van der Waals surface area contributed by atoms with Crippen LogP contribution in [0.15, 0.2) is 81.3 Å². The lowest BCUT2D eigenvalue weighted by molar-refractivity contribution is 0.391. The molecule has 158 valence electrons. The van der Waals surface area contributed by atoms with Gasteiger partial charge >= 0.3 is 0 Å². The number of benzene rings is 2. The first-order valence-electron chi connectivity index (χ1n) is 10.1. The molecule has 32 heavy (non-hydrogen) atoms. The highest BCUT2D eigenvalue weighted by Crippen LogP contribution is 2.26. The molecule has 0 N–H and O–H groups in total. The largest absolute Gasteiger partial charge is 0.338 e. The van der Waals surface area contributed by atoms with Crippen molar-refractivity contribution in [3.8, 4) is 17.2 Å². The number of pyridine rings is 1. The van der Waals surface area contributed by atoms with Crippen molar-refractivity contribution in [2.75, 3.05) is 0 Å². The molecule has 7 nitrogen and oxygen atoms in total. The smallest absolute Gasteiger partial charge is 0.267 e. The summed E-state index contributed by atoms with van der Waals surface area (Å²) in [7, 11) is 0. The van der Waals surface area contributed by atoms with Gasteiger partial charge in [0.2, 0.25) is 11.7 Å². The van der Waals surface area contributed by atoms with Gasteiger partial charge in [-0.15, -0.1) is 0 Å². The molecule has 0 saturated heterocycles. The Morgan fingerprint density at radius 2 is 1.81 bits per heavy atom. The monoisotopic (exact) mass is 441 g/mol. The van der Waals surface area contributed by atoms with E-state index in [0.717, 1.165) is 16.7 Å². The van der Waals surface area contributed by atoms with Crippen molar-refractivity contribution >= 4 is 22.7 Å². The van der Waals surface area contributed by atoms with E-state index < -0.39 is 0 Å². The summed E-state index contributed by atoms with van der Waals surface area (Å²) in [5.74, 6) is 1.90. The van der Waals surface area contributed by atoms with Crippen LogP contribution in [0.1, 0.15) is 17.0 Å². The normalized spacial score (nSPS) is 11.2. The summed E-state index contributed by atoms with van der Waals surface area (Å²) >= 11 is 1.36. The summed E-state index contributed by atoms with van der Waals surface area (Å²) in [6.45, 7) is 3.97. The highest BCUT2D eigenvalue weighted by Gasteiger charge is 2.17. The topological polar surface area (TPSA) is 86.7 Å². The number of aryl methyl sites for hydroxylation is 2.